The molecule has 0 spiro atoms. The molecule has 0 fully saturated rings. The number of hydrogen-bond donors (Lipinski definition) is 1. The van der Waals surface area contributed by atoms with Gasteiger partial charge in [-0.15, -0.1) is 0 Å². The number of anilines is 1. The highest BCUT2D eigenvalue weighted by Gasteiger charge is 2.00. The van der Waals surface area contributed by atoms with Crippen molar-refractivity contribution in [2.24, 2.45) is 7.05 Å². The van der Waals surface area contributed by atoms with Gasteiger partial charge in [0.25, 0.3) is 0 Å². The lowest BCUT2D eigenvalue weighted by atomic mass is 10.3. The molecule has 0 unspecified atom stereocenters. The van der Waals surface area contributed by atoms with Crippen molar-refractivity contribution in [2.45, 2.75) is 13.0 Å². The number of aromatic nitrogens is 3. The molecule has 5 heteroatoms. The van der Waals surface area contributed by atoms with Gasteiger partial charge in [-0.25, -0.2) is 9.48 Å². The lowest BCUT2D eigenvalue weighted by Crippen LogP contribution is -2.23. The topological polar surface area (TPSA) is 51.9 Å². The van der Waals surface area contributed by atoms with Gasteiger partial charge >= 0.3 is 5.69 Å². The van der Waals surface area contributed by atoms with Gasteiger partial charge in [0, 0.05) is 25.8 Å². The molecule has 5 nitrogen and oxygen atoms in total. The summed E-state index contributed by atoms with van der Waals surface area (Å²) < 4.78 is 2.96. The molecule has 0 aliphatic rings. The van der Waals surface area contributed by atoms with Gasteiger partial charge in [0.1, 0.15) is 6.33 Å². The highest BCUT2D eigenvalue weighted by atomic mass is 16.2. The van der Waals surface area contributed by atoms with Crippen molar-refractivity contribution >= 4 is 5.69 Å². The van der Waals surface area contributed by atoms with Gasteiger partial charge in [-0.3, -0.25) is 4.57 Å². The maximum atomic E-state index is 11.5. The Bertz CT molecular complexity index is 515. The smallest absolute Gasteiger partial charge is 0.345 e. The van der Waals surface area contributed by atoms with E-state index < -0.39 is 0 Å². The molecule has 0 bridgehead atoms. The Morgan fingerprint density at radius 2 is 2.06 bits per heavy atom. The highest BCUT2D eigenvalue weighted by Crippen LogP contribution is 2.04. The summed E-state index contributed by atoms with van der Waals surface area (Å²) in [4.78, 5) is 11.5. The average Bonchev–Trinajstić information content (AvgIpc) is 2.67. The number of hydrogen-bond acceptors (Lipinski definition) is 3. The van der Waals surface area contributed by atoms with Gasteiger partial charge in [0.15, 0.2) is 0 Å². The first-order chi connectivity index (χ1) is 8.27. The van der Waals surface area contributed by atoms with Crippen molar-refractivity contribution in [3.05, 3.63) is 47.1 Å². The van der Waals surface area contributed by atoms with E-state index in [1.807, 2.05) is 30.3 Å². The van der Waals surface area contributed by atoms with Crippen LogP contribution in [0, 0.1) is 0 Å². The number of nitrogens with one attached hydrogen (secondary N) is 1. The Balaban J connectivity index is 1.77. The fourth-order valence-corrected chi connectivity index (χ4v) is 1.59. The van der Waals surface area contributed by atoms with Crippen LogP contribution in [0.5, 0.6) is 0 Å². The SMILES string of the molecule is Cn1cnn(CCCNc2ccccc2)c1=O. The first-order valence-corrected chi connectivity index (χ1v) is 5.65. The molecule has 0 saturated carbocycles. The third-order valence-electron chi connectivity index (χ3n) is 2.54. The average molecular weight is 232 g/mol. The second kappa shape index (κ2) is 5.34. The molecule has 0 amide bonds. The molecule has 1 aromatic carbocycles. The standard InChI is InChI=1S/C12H16N4O/c1-15-10-14-16(12(15)17)9-5-8-13-11-6-3-2-4-7-11/h2-4,6-7,10,13H,5,8-9H2,1H3. The summed E-state index contributed by atoms with van der Waals surface area (Å²) in [6.45, 7) is 1.46. The van der Waals surface area contributed by atoms with Crippen LogP contribution < -0.4 is 11.0 Å². The molecule has 0 aliphatic heterocycles. The van der Waals surface area contributed by atoms with Crippen LogP contribution in [0.4, 0.5) is 5.69 Å². The number of rotatable bonds is 5. The minimum Gasteiger partial charge on any atom is -0.385 e. The van der Waals surface area contributed by atoms with Crippen LogP contribution in [-0.4, -0.2) is 20.9 Å². The van der Waals surface area contributed by atoms with Crippen molar-refractivity contribution in [1.29, 1.82) is 0 Å². The van der Waals surface area contributed by atoms with Gasteiger partial charge in [-0.05, 0) is 18.6 Å². The first-order valence-electron chi connectivity index (χ1n) is 5.65. The zero-order chi connectivity index (χ0) is 12.1. The predicted molar refractivity (Wildman–Crippen MR) is 67.0 cm³/mol. The summed E-state index contributed by atoms with van der Waals surface area (Å²) in [5, 5.41) is 7.29. The van der Waals surface area contributed by atoms with E-state index in [1.54, 1.807) is 7.05 Å². The van der Waals surface area contributed by atoms with Crippen molar-refractivity contribution in [3.8, 4) is 0 Å². The van der Waals surface area contributed by atoms with E-state index in [4.69, 9.17) is 0 Å². The summed E-state index contributed by atoms with van der Waals surface area (Å²) >= 11 is 0. The number of nitrogens with zero attached hydrogens (tertiary/aromatic N) is 3. The van der Waals surface area contributed by atoms with E-state index >= 15 is 0 Å². The molecule has 1 heterocycles. The van der Waals surface area contributed by atoms with Crippen molar-refractivity contribution < 1.29 is 0 Å². The second-order valence-electron chi connectivity index (χ2n) is 3.89. The normalized spacial score (nSPS) is 10.4. The summed E-state index contributed by atoms with van der Waals surface area (Å²) in [5.74, 6) is 0. The van der Waals surface area contributed by atoms with Gasteiger partial charge < -0.3 is 5.32 Å². The third kappa shape index (κ3) is 2.96. The summed E-state index contributed by atoms with van der Waals surface area (Å²) in [6.07, 6.45) is 2.40. The Labute approximate surface area is 99.7 Å². The fraction of sp³-hybridized carbons (Fsp3) is 0.333. The molecule has 2 aromatic rings. The minimum atomic E-state index is -0.0651. The monoisotopic (exact) mass is 232 g/mol. The molecule has 1 aromatic heterocycles. The molecular formula is C12H16N4O. The fourth-order valence-electron chi connectivity index (χ4n) is 1.59. The van der Waals surface area contributed by atoms with Gasteiger partial charge in [0.05, 0.1) is 0 Å². The van der Waals surface area contributed by atoms with Crippen molar-refractivity contribution in [2.75, 3.05) is 11.9 Å². The van der Waals surface area contributed by atoms with Crippen LogP contribution in [0.1, 0.15) is 6.42 Å². The Morgan fingerprint density at radius 3 is 2.71 bits per heavy atom. The summed E-state index contributed by atoms with van der Waals surface area (Å²) in [5.41, 5.74) is 1.03. The highest BCUT2D eigenvalue weighted by molar-refractivity contribution is 5.42. The van der Waals surface area contributed by atoms with Crippen LogP contribution in [0.3, 0.4) is 0 Å². The Hall–Kier alpha value is -2.04. The molecule has 0 aliphatic carbocycles. The van der Waals surface area contributed by atoms with Crippen LogP contribution in [-0.2, 0) is 13.6 Å². The van der Waals surface area contributed by atoms with E-state index in [-0.39, 0.29) is 5.69 Å². The maximum absolute atomic E-state index is 11.5. The van der Waals surface area contributed by atoms with Gasteiger partial charge in [-0.2, -0.15) is 5.10 Å². The zero-order valence-corrected chi connectivity index (χ0v) is 9.84. The first kappa shape index (κ1) is 11.4. The summed E-state index contributed by atoms with van der Waals surface area (Å²) in [6, 6.07) is 10.0. The molecule has 0 atom stereocenters. The molecule has 2 rings (SSSR count). The maximum Gasteiger partial charge on any atom is 0.345 e. The Morgan fingerprint density at radius 1 is 1.29 bits per heavy atom. The van der Waals surface area contributed by atoms with E-state index in [2.05, 4.69) is 10.4 Å². The molecular weight excluding hydrogens is 216 g/mol. The number of benzene rings is 1. The number of para-hydroxylation sites is 1. The van der Waals surface area contributed by atoms with Crippen LogP contribution in [0.2, 0.25) is 0 Å². The van der Waals surface area contributed by atoms with Crippen molar-refractivity contribution in [3.63, 3.8) is 0 Å². The van der Waals surface area contributed by atoms with Gasteiger partial charge in [0.2, 0.25) is 0 Å². The zero-order valence-electron chi connectivity index (χ0n) is 9.84. The molecule has 1 N–H and O–H groups in total. The molecule has 0 saturated heterocycles. The Kier molecular flexibility index (Phi) is 3.59. The van der Waals surface area contributed by atoms with E-state index in [1.165, 1.54) is 15.6 Å². The predicted octanol–water partition coefficient (Wildman–Crippen LogP) is 1.08. The van der Waals surface area contributed by atoms with E-state index in [9.17, 15) is 4.79 Å². The lowest BCUT2D eigenvalue weighted by molar-refractivity contribution is 0.565. The second-order valence-corrected chi connectivity index (χ2v) is 3.89. The van der Waals surface area contributed by atoms with E-state index in [0.29, 0.717) is 6.54 Å². The lowest BCUT2D eigenvalue weighted by Gasteiger charge is -2.05. The van der Waals surface area contributed by atoms with Crippen LogP contribution in [0.15, 0.2) is 41.5 Å². The summed E-state index contributed by atoms with van der Waals surface area (Å²) in [7, 11) is 1.70. The van der Waals surface area contributed by atoms with E-state index in [0.717, 1.165) is 18.7 Å². The van der Waals surface area contributed by atoms with Gasteiger partial charge in [-0.1, -0.05) is 18.2 Å². The third-order valence-corrected chi connectivity index (χ3v) is 2.54. The van der Waals surface area contributed by atoms with Crippen LogP contribution in [0.25, 0.3) is 0 Å². The molecule has 17 heavy (non-hydrogen) atoms. The largest absolute Gasteiger partial charge is 0.385 e. The molecule has 90 valence electrons. The number of aryl methyl sites for hydroxylation is 2. The van der Waals surface area contributed by atoms with Crippen molar-refractivity contribution in [1.82, 2.24) is 14.3 Å². The quantitative estimate of drug-likeness (QED) is 0.785. The minimum absolute atomic E-state index is 0.0651. The van der Waals surface area contributed by atoms with Crippen LogP contribution >= 0.6 is 0 Å². The molecule has 0 radical (unpaired) electrons.